The number of aryl methyl sites for hydroxylation is 1. The van der Waals surface area contributed by atoms with Gasteiger partial charge in [0, 0.05) is 19.1 Å². The van der Waals surface area contributed by atoms with E-state index in [2.05, 4.69) is 114 Å². The molecule has 0 heterocycles. The Balaban J connectivity index is 1.36. The Morgan fingerprint density at radius 3 is 1.90 bits per heavy atom. The van der Waals surface area contributed by atoms with Crippen LogP contribution in [0.25, 0.3) is 0 Å². The van der Waals surface area contributed by atoms with E-state index in [4.69, 9.17) is 0 Å². The lowest BCUT2D eigenvalue weighted by Gasteiger charge is -2.33. The summed E-state index contributed by atoms with van der Waals surface area (Å²) in [6.07, 6.45) is 9.34. The fourth-order valence-electron chi connectivity index (χ4n) is 5.80. The molecular formula is C38H48N2O. The van der Waals surface area contributed by atoms with Gasteiger partial charge in [-0.1, -0.05) is 116 Å². The zero-order valence-electron chi connectivity index (χ0n) is 24.9. The normalized spacial score (nSPS) is 12.2. The van der Waals surface area contributed by atoms with Gasteiger partial charge in [0.05, 0.1) is 0 Å². The fraction of sp³-hybridized carbons (Fsp3) is 0.368. The van der Waals surface area contributed by atoms with Crippen LogP contribution >= 0.6 is 0 Å². The molecule has 0 spiro atoms. The molecule has 0 aliphatic heterocycles. The minimum atomic E-state index is 0.356. The van der Waals surface area contributed by atoms with E-state index in [1.54, 1.807) is 6.07 Å². The Bertz CT molecular complexity index is 1230. The van der Waals surface area contributed by atoms with Crippen LogP contribution in [-0.4, -0.2) is 41.6 Å². The van der Waals surface area contributed by atoms with Crippen LogP contribution in [0.1, 0.15) is 66.8 Å². The summed E-state index contributed by atoms with van der Waals surface area (Å²) in [6, 6.07) is 40.9. The predicted octanol–water partition coefficient (Wildman–Crippen LogP) is 8.69. The molecule has 1 N–H and O–H groups in total. The Hall–Kier alpha value is -3.40. The van der Waals surface area contributed by atoms with Crippen molar-refractivity contribution < 1.29 is 5.11 Å². The van der Waals surface area contributed by atoms with Crippen LogP contribution < -0.4 is 0 Å². The standard InChI is InChI=1S/C38H48N2O/c1-39(32-35-20-8-3-9-21-35)28-15-13-26-38(36-23-11-4-12-24-36)40(30-27-34-22-16-25-37(41)31-34)29-14-5-10-19-33-17-6-2-7-18-33/h2-4,6-9,11-12,16-18,20-25,31,38,41H,5,10,13-15,19,26-30,32H2,1H3. The van der Waals surface area contributed by atoms with Crippen LogP contribution in [0.5, 0.6) is 5.75 Å². The largest absolute Gasteiger partial charge is 0.508 e. The van der Waals surface area contributed by atoms with Gasteiger partial charge in [-0.3, -0.25) is 4.90 Å². The van der Waals surface area contributed by atoms with Gasteiger partial charge in [-0.25, -0.2) is 0 Å². The van der Waals surface area contributed by atoms with E-state index in [0.29, 0.717) is 11.8 Å². The second-order valence-corrected chi connectivity index (χ2v) is 11.4. The third kappa shape index (κ3) is 11.2. The summed E-state index contributed by atoms with van der Waals surface area (Å²) in [5.74, 6) is 0.356. The Kier molecular flexibility index (Phi) is 13.0. The SMILES string of the molecule is CN(CCCCC(c1ccccc1)N(CCCCCc1ccccc1)CCc1cccc(O)c1)Cc1ccccc1. The van der Waals surface area contributed by atoms with Crippen LogP contribution in [0.15, 0.2) is 115 Å². The molecule has 4 aromatic carbocycles. The predicted molar refractivity (Wildman–Crippen MR) is 173 cm³/mol. The van der Waals surface area contributed by atoms with Gasteiger partial charge in [-0.2, -0.15) is 0 Å². The van der Waals surface area contributed by atoms with Crippen LogP contribution in [0, 0.1) is 0 Å². The molecule has 1 unspecified atom stereocenters. The van der Waals surface area contributed by atoms with E-state index in [1.807, 2.05) is 12.1 Å². The molecule has 3 heteroatoms. The van der Waals surface area contributed by atoms with E-state index in [0.717, 1.165) is 45.4 Å². The fourth-order valence-corrected chi connectivity index (χ4v) is 5.80. The quantitative estimate of drug-likeness (QED) is 0.126. The van der Waals surface area contributed by atoms with Crippen molar-refractivity contribution in [3.05, 3.63) is 138 Å². The van der Waals surface area contributed by atoms with Crippen molar-refractivity contribution in [3.63, 3.8) is 0 Å². The van der Waals surface area contributed by atoms with Gasteiger partial charge in [0.15, 0.2) is 0 Å². The number of hydrogen-bond donors (Lipinski definition) is 1. The highest BCUT2D eigenvalue weighted by atomic mass is 16.3. The molecule has 216 valence electrons. The number of hydrogen-bond acceptors (Lipinski definition) is 3. The molecule has 0 aliphatic carbocycles. The molecule has 4 rings (SSSR count). The Labute approximate surface area is 248 Å². The lowest BCUT2D eigenvalue weighted by atomic mass is 9.97. The number of nitrogens with zero attached hydrogens (tertiary/aromatic N) is 2. The summed E-state index contributed by atoms with van der Waals surface area (Å²) in [7, 11) is 2.23. The number of rotatable bonds is 18. The third-order valence-corrected chi connectivity index (χ3v) is 8.04. The maximum atomic E-state index is 10.0. The minimum Gasteiger partial charge on any atom is -0.508 e. The highest BCUT2D eigenvalue weighted by Gasteiger charge is 2.20. The van der Waals surface area contributed by atoms with Crippen LogP contribution in [0.3, 0.4) is 0 Å². The second kappa shape index (κ2) is 17.4. The molecule has 0 radical (unpaired) electrons. The molecule has 0 saturated heterocycles. The van der Waals surface area contributed by atoms with E-state index in [1.165, 1.54) is 54.4 Å². The number of aromatic hydroxyl groups is 1. The zero-order chi connectivity index (χ0) is 28.5. The van der Waals surface area contributed by atoms with Crippen molar-refractivity contribution in [1.29, 1.82) is 0 Å². The molecule has 0 aromatic heterocycles. The van der Waals surface area contributed by atoms with Gasteiger partial charge in [0.25, 0.3) is 0 Å². The third-order valence-electron chi connectivity index (χ3n) is 8.04. The summed E-state index contributed by atoms with van der Waals surface area (Å²) < 4.78 is 0. The van der Waals surface area contributed by atoms with E-state index in [-0.39, 0.29) is 0 Å². The molecular weight excluding hydrogens is 500 g/mol. The molecule has 3 nitrogen and oxygen atoms in total. The first-order chi connectivity index (χ1) is 20.2. The molecule has 1 atom stereocenters. The topological polar surface area (TPSA) is 26.7 Å². The maximum absolute atomic E-state index is 10.0. The summed E-state index contributed by atoms with van der Waals surface area (Å²) in [6.45, 7) is 4.21. The number of unbranched alkanes of at least 4 members (excludes halogenated alkanes) is 3. The summed E-state index contributed by atoms with van der Waals surface area (Å²) in [5.41, 5.74) is 5.44. The van der Waals surface area contributed by atoms with Crippen LogP contribution in [0.2, 0.25) is 0 Å². The number of phenols is 1. The highest BCUT2D eigenvalue weighted by Crippen LogP contribution is 2.28. The van der Waals surface area contributed by atoms with Crippen molar-refractivity contribution in [2.45, 2.75) is 64.0 Å². The molecule has 0 amide bonds. The molecule has 4 aromatic rings. The minimum absolute atomic E-state index is 0.356. The lowest BCUT2D eigenvalue weighted by molar-refractivity contribution is 0.180. The first kappa shape index (κ1) is 30.6. The molecule has 0 saturated carbocycles. The lowest BCUT2D eigenvalue weighted by Crippen LogP contribution is -2.32. The molecule has 0 bridgehead atoms. The van der Waals surface area contributed by atoms with E-state index in [9.17, 15) is 5.11 Å². The molecule has 0 aliphatic rings. The van der Waals surface area contributed by atoms with Gasteiger partial charge in [0.1, 0.15) is 5.75 Å². The van der Waals surface area contributed by atoms with Crippen LogP contribution in [0.4, 0.5) is 0 Å². The average Bonchev–Trinajstić information content (AvgIpc) is 3.00. The Morgan fingerprint density at radius 1 is 0.561 bits per heavy atom. The highest BCUT2D eigenvalue weighted by molar-refractivity contribution is 5.27. The number of phenolic OH excluding ortho intramolecular Hbond substituents is 1. The van der Waals surface area contributed by atoms with Gasteiger partial charge in [-0.15, -0.1) is 0 Å². The van der Waals surface area contributed by atoms with Crippen molar-refractivity contribution >= 4 is 0 Å². The molecule has 41 heavy (non-hydrogen) atoms. The van der Waals surface area contributed by atoms with Gasteiger partial charge >= 0.3 is 0 Å². The average molecular weight is 549 g/mol. The second-order valence-electron chi connectivity index (χ2n) is 11.4. The summed E-state index contributed by atoms with van der Waals surface area (Å²) in [4.78, 5) is 5.16. The summed E-state index contributed by atoms with van der Waals surface area (Å²) >= 11 is 0. The van der Waals surface area contributed by atoms with Crippen molar-refractivity contribution in [2.75, 3.05) is 26.7 Å². The molecule has 0 fully saturated rings. The van der Waals surface area contributed by atoms with E-state index >= 15 is 0 Å². The van der Waals surface area contributed by atoms with Crippen molar-refractivity contribution in [2.24, 2.45) is 0 Å². The van der Waals surface area contributed by atoms with Crippen molar-refractivity contribution in [3.8, 4) is 5.75 Å². The van der Waals surface area contributed by atoms with Gasteiger partial charge < -0.3 is 10.0 Å². The van der Waals surface area contributed by atoms with Gasteiger partial charge in [0.2, 0.25) is 0 Å². The first-order valence-electron chi connectivity index (χ1n) is 15.5. The van der Waals surface area contributed by atoms with Gasteiger partial charge in [-0.05, 0) is 93.0 Å². The zero-order valence-corrected chi connectivity index (χ0v) is 24.9. The van der Waals surface area contributed by atoms with E-state index < -0.39 is 0 Å². The van der Waals surface area contributed by atoms with Crippen molar-refractivity contribution in [1.82, 2.24) is 9.80 Å². The smallest absolute Gasteiger partial charge is 0.115 e. The maximum Gasteiger partial charge on any atom is 0.115 e. The monoisotopic (exact) mass is 548 g/mol. The van der Waals surface area contributed by atoms with Crippen LogP contribution in [-0.2, 0) is 19.4 Å². The number of benzene rings is 4. The first-order valence-corrected chi connectivity index (χ1v) is 15.5. The Morgan fingerprint density at radius 2 is 1.20 bits per heavy atom. The summed E-state index contributed by atoms with van der Waals surface area (Å²) in [5, 5.41) is 10.0.